The molecular weight excluding hydrogens is 190 g/mol. The Morgan fingerprint density at radius 3 is 3.00 bits per heavy atom. The Hall–Kier alpha value is -0.830. The summed E-state index contributed by atoms with van der Waals surface area (Å²) in [4.78, 5) is 13.9. The second-order valence-corrected chi connectivity index (χ2v) is 5.28. The van der Waals surface area contributed by atoms with Crippen molar-refractivity contribution in [2.24, 2.45) is 11.8 Å². The predicted molar refractivity (Wildman–Crippen MR) is 56.3 cm³/mol. The molecule has 0 N–H and O–H groups in total. The maximum atomic E-state index is 11.9. The molecule has 0 saturated carbocycles. The summed E-state index contributed by atoms with van der Waals surface area (Å²) in [7, 11) is 0. The third-order valence-corrected chi connectivity index (χ3v) is 3.86. The summed E-state index contributed by atoms with van der Waals surface area (Å²) in [6.07, 6.45) is 5.75. The van der Waals surface area contributed by atoms with Gasteiger partial charge in [-0.25, -0.2) is 0 Å². The summed E-state index contributed by atoms with van der Waals surface area (Å²) >= 11 is 0. The van der Waals surface area contributed by atoms with E-state index in [9.17, 15) is 4.79 Å². The van der Waals surface area contributed by atoms with Gasteiger partial charge in [-0.15, -0.1) is 0 Å². The molecule has 15 heavy (non-hydrogen) atoms. The molecule has 0 aromatic carbocycles. The second kappa shape index (κ2) is 2.85. The maximum absolute atomic E-state index is 11.9. The highest BCUT2D eigenvalue weighted by Crippen LogP contribution is 2.47. The molecule has 0 radical (unpaired) electrons. The smallest absolute Gasteiger partial charge is 0.225 e. The molecule has 2 bridgehead atoms. The number of ether oxygens (including phenoxy) is 1. The Kier molecular flexibility index (Phi) is 1.78. The Morgan fingerprint density at radius 1 is 1.60 bits per heavy atom. The van der Waals surface area contributed by atoms with Crippen molar-refractivity contribution in [2.75, 3.05) is 13.1 Å². The van der Waals surface area contributed by atoms with E-state index >= 15 is 0 Å². The van der Waals surface area contributed by atoms with Gasteiger partial charge in [0.05, 0.1) is 12.6 Å². The lowest BCUT2D eigenvalue weighted by molar-refractivity contribution is -0.134. The van der Waals surface area contributed by atoms with Crippen LogP contribution in [-0.4, -0.2) is 35.6 Å². The molecule has 3 heterocycles. The first-order chi connectivity index (χ1) is 7.11. The zero-order valence-electron chi connectivity index (χ0n) is 9.27. The molecule has 2 saturated heterocycles. The minimum atomic E-state index is -0.116. The average molecular weight is 207 g/mol. The van der Waals surface area contributed by atoms with Crippen molar-refractivity contribution in [1.82, 2.24) is 4.90 Å². The lowest BCUT2D eigenvalue weighted by atomic mass is 9.86. The zero-order chi connectivity index (χ0) is 10.6. The van der Waals surface area contributed by atoms with E-state index in [4.69, 9.17) is 4.74 Å². The van der Waals surface area contributed by atoms with Gasteiger partial charge in [0.25, 0.3) is 0 Å². The number of amides is 1. The molecule has 2 fully saturated rings. The summed E-state index contributed by atoms with van der Waals surface area (Å²) in [6.45, 7) is 5.57. The summed E-state index contributed by atoms with van der Waals surface area (Å²) in [5.74, 6) is 0.899. The summed E-state index contributed by atoms with van der Waals surface area (Å²) in [5, 5.41) is 0. The third kappa shape index (κ3) is 1.19. The molecule has 1 spiro atoms. The SMILES string of the molecule is CC(C)C(=O)N1C[C@H]2C[C@@H]3C=C[C@@]2(C1)O3. The molecule has 3 aliphatic heterocycles. The Balaban J connectivity index is 1.79. The van der Waals surface area contributed by atoms with Crippen LogP contribution in [0.4, 0.5) is 0 Å². The van der Waals surface area contributed by atoms with Gasteiger partial charge in [-0.3, -0.25) is 4.79 Å². The van der Waals surface area contributed by atoms with Gasteiger partial charge in [0, 0.05) is 18.4 Å². The topological polar surface area (TPSA) is 29.5 Å². The first-order valence-electron chi connectivity index (χ1n) is 5.77. The molecule has 3 aliphatic rings. The van der Waals surface area contributed by atoms with Crippen LogP contribution in [0, 0.1) is 11.8 Å². The second-order valence-electron chi connectivity index (χ2n) is 5.28. The van der Waals surface area contributed by atoms with Crippen molar-refractivity contribution in [3.8, 4) is 0 Å². The van der Waals surface area contributed by atoms with Gasteiger partial charge in [-0.2, -0.15) is 0 Å². The molecule has 1 amide bonds. The van der Waals surface area contributed by atoms with E-state index in [0.29, 0.717) is 12.0 Å². The lowest BCUT2D eigenvalue weighted by Crippen LogP contribution is -2.37. The number of nitrogens with zero attached hydrogens (tertiary/aromatic N) is 1. The van der Waals surface area contributed by atoms with Crippen molar-refractivity contribution >= 4 is 5.91 Å². The Morgan fingerprint density at radius 2 is 2.40 bits per heavy atom. The first kappa shape index (κ1) is 9.40. The fraction of sp³-hybridized carbons (Fsp3) is 0.750. The number of hydrogen-bond acceptors (Lipinski definition) is 2. The zero-order valence-corrected chi connectivity index (χ0v) is 9.27. The molecule has 0 aromatic rings. The lowest BCUT2D eigenvalue weighted by Gasteiger charge is -2.23. The Labute approximate surface area is 90.1 Å². The van der Waals surface area contributed by atoms with Gasteiger partial charge in [-0.1, -0.05) is 26.0 Å². The van der Waals surface area contributed by atoms with E-state index in [2.05, 4.69) is 12.2 Å². The summed E-state index contributed by atoms with van der Waals surface area (Å²) in [5.41, 5.74) is -0.116. The molecule has 0 aliphatic carbocycles. The van der Waals surface area contributed by atoms with E-state index in [1.54, 1.807) is 0 Å². The molecule has 3 rings (SSSR count). The highest BCUT2D eigenvalue weighted by atomic mass is 16.5. The normalized spacial score (nSPS) is 41.7. The van der Waals surface area contributed by atoms with Gasteiger partial charge in [-0.05, 0) is 6.42 Å². The molecule has 3 nitrogen and oxygen atoms in total. The van der Waals surface area contributed by atoms with Gasteiger partial charge in [0.1, 0.15) is 5.60 Å². The minimum Gasteiger partial charge on any atom is -0.361 e. The van der Waals surface area contributed by atoms with E-state index in [-0.39, 0.29) is 17.4 Å². The molecule has 3 atom stereocenters. The number of likely N-dealkylation sites (tertiary alicyclic amines) is 1. The van der Waals surface area contributed by atoms with Gasteiger partial charge in [0.2, 0.25) is 5.91 Å². The van der Waals surface area contributed by atoms with Crippen LogP contribution in [0.2, 0.25) is 0 Å². The van der Waals surface area contributed by atoms with Crippen LogP contribution in [0.1, 0.15) is 20.3 Å². The van der Waals surface area contributed by atoms with Gasteiger partial charge < -0.3 is 9.64 Å². The van der Waals surface area contributed by atoms with E-state index in [1.165, 1.54) is 0 Å². The van der Waals surface area contributed by atoms with Crippen molar-refractivity contribution in [2.45, 2.75) is 32.0 Å². The number of carbonyl (C=O) groups is 1. The van der Waals surface area contributed by atoms with Gasteiger partial charge >= 0.3 is 0 Å². The molecule has 0 aromatic heterocycles. The number of hydrogen-bond donors (Lipinski definition) is 0. The Bertz CT molecular complexity index is 337. The molecule has 3 heteroatoms. The van der Waals surface area contributed by atoms with Crippen molar-refractivity contribution < 1.29 is 9.53 Å². The first-order valence-corrected chi connectivity index (χ1v) is 5.77. The van der Waals surface area contributed by atoms with Crippen molar-refractivity contribution in [3.63, 3.8) is 0 Å². The van der Waals surface area contributed by atoms with Crippen LogP contribution in [0.25, 0.3) is 0 Å². The fourth-order valence-electron chi connectivity index (χ4n) is 3.08. The number of rotatable bonds is 1. The van der Waals surface area contributed by atoms with Crippen LogP contribution in [0.5, 0.6) is 0 Å². The largest absolute Gasteiger partial charge is 0.361 e. The van der Waals surface area contributed by atoms with E-state index in [1.807, 2.05) is 18.7 Å². The van der Waals surface area contributed by atoms with Gasteiger partial charge in [0.15, 0.2) is 0 Å². The van der Waals surface area contributed by atoms with Crippen molar-refractivity contribution in [1.29, 1.82) is 0 Å². The van der Waals surface area contributed by atoms with Crippen molar-refractivity contribution in [3.05, 3.63) is 12.2 Å². The quantitative estimate of drug-likeness (QED) is 0.605. The monoisotopic (exact) mass is 207 g/mol. The van der Waals surface area contributed by atoms with Crippen LogP contribution in [-0.2, 0) is 9.53 Å². The highest BCUT2D eigenvalue weighted by Gasteiger charge is 2.56. The molecular formula is C12H17NO2. The maximum Gasteiger partial charge on any atom is 0.225 e. The van der Waals surface area contributed by atoms with E-state index < -0.39 is 0 Å². The highest BCUT2D eigenvalue weighted by molar-refractivity contribution is 5.78. The standard InChI is InChI=1S/C12H17NO2/c1-8(2)11(14)13-6-9-5-10-3-4-12(9,7-13)15-10/h3-4,8-10H,5-7H2,1-2H3/t9-,10+,12+/m1/s1. The minimum absolute atomic E-state index is 0.0985. The van der Waals surface area contributed by atoms with Crippen LogP contribution in [0.15, 0.2) is 12.2 Å². The summed E-state index contributed by atoms with van der Waals surface area (Å²) < 4.78 is 5.94. The predicted octanol–water partition coefficient (Wildman–Crippen LogP) is 1.20. The summed E-state index contributed by atoms with van der Waals surface area (Å²) in [6, 6.07) is 0. The van der Waals surface area contributed by atoms with E-state index in [0.717, 1.165) is 19.5 Å². The molecule has 0 unspecified atom stereocenters. The fourth-order valence-corrected chi connectivity index (χ4v) is 3.08. The third-order valence-electron chi connectivity index (χ3n) is 3.86. The molecule has 82 valence electrons. The van der Waals surface area contributed by atoms with Crippen LogP contribution >= 0.6 is 0 Å². The number of fused-ring (bicyclic) bond motifs is 1. The average Bonchev–Trinajstić information content (AvgIpc) is 2.80. The number of carbonyl (C=O) groups excluding carboxylic acids is 1. The van der Waals surface area contributed by atoms with Crippen LogP contribution < -0.4 is 0 Å². The van der Waals surface area contributed by atoms with Crippen LogP contribution in [0.3, 0.4) is 0 Å².